The summed E-state index contributed by atoms with van der Waals surface area (Å²) >= 11 is 3.64. The third-order valence-corrected chi connectivity index (χ3v) is 8.76. The van der Waals surface area contributed by atoms with E-state index in [4.69, 9.17) is 0 Å². The number of nitrogens with one attached hydrogen (secondary N) is 1. The van der Waals surface area contributed by atoms with E-state index in [1.807, 2.05) is 30.3 Å². The number of carbonyl (C=O) groups is 3. The summed E-state index contributed by atoms with van der Waals surface area (Å²) in [5.74, 6) is -2.48. The van der Waals surface area contributed by atoms with E-state index in [2.05, 4.69) is 26.1 Å². The zero-order valence-corrected chi connectivity index (χ0v) is 22.3. The highest BCUT2D eigenvalue weighted by molar-refractivity contribution is 9.10. The number of rotatable bonds is 3. The van der Waals surface area contributed by atoms with Gasteiger partial charge in [0, 0.05) is 52.7 Å². The standard InChI is InChI=1S/C27H28BrN5O5/c28-19-3-1-4-21-23(19)26(25(36)33(21)15-22(34)32-10-2-7-27(37,38)16-32)8-11-31(12-9-26)24(35)17-5-6-20-18(13-17)14-29-30-20/h1,3-6,13-14,37-38H,2,7-12,15-16H2,(H,29,30). The Morgan fingerprint density at radius 2 is 1.84 bits per heavy atom. The molecule has 2 aromatic carbocycles. The zero-order valence-electron chi connectivity index (χ0n) is 20.7. The third kappa shape index (κ3) is 4.09. The summed E-state index contributed by atoms with van der Waals surface area (Å²) in [6.45, 7) is 0.877. The molecule has 1 spiro atoms. The number of halogens is 1. The van der Waals surface area contributed by atoms with E-state index in [0.29, 0.717) is 50.1 Å². The molecule has 0 aliphatic carbocycles. The van der Waals surface area contributed by atoms with Crippen LogP contribution in [0.25, 0.3) is 10.9 Å². The van der Waals surface area contributed by atoms with Crippen molar-refractivity contribution in [3.63, 3.8) is 0 Å². The fourth-order valence-electron chi connectivity index (χ4n) is 6.12. The maximum absolute atomic E-state index is 14.0. The van der Waals surface area contributed by atoms with E-state index in [0.717, 1.165) is 20.9 Å². The highest BCUT2D eigenvalue weighted by Crippen LogP contribution is 2.51. The van der Waals surface area contributed by atoms with E-state index < -0.39 is 11.2 Å². The number of fused-ring (bicyclic) bond motifs is 3. The van der Waals surface area contributed by atoms with Gasteiger partial charge in [0.05, 0.1) is 23.7 Å². The number of anilines is 1. The molecule has 4 heterocycles. The van der Waals surface area contributed by atoms with Crippen LogP contribution in [0.1, 0.15) is 41.6 Å². The van der Waals surface area contributed by atoms with E-state index in [1.54, 1.807) is 17.2 Å². The van der Waals surface area contributed by atoms with Gasteiger partial charge in [-0.3, -0.25) is 19.5 Å². The van der Waals surface area contributed by atoms with Gasteiger partial charge in [-0.15, -0.1) is 0 Å². The molecule has 0 radical (unpaired) electrons. The molecule has 3 amide bonds. The number of hydrogen-bond donors (Lipinski definition) is 3. The first-order chi connectivity index (χ1) is 18.2. The van der Waals surface area contributed by atoms with Gasteiger partial charge >= 0.3 is 0 Å². The van der Waals surface area contributed by atoms with Gasteiger partial charge in [-0.25, -0.2) is 0 Å². The summed E-state index contributed by atoms with van der Waals surface area (Å²) in [4.78, 5) is 45.2. The lowest BCUT2D eigenvalue weighted by Crippen LogP contribution is -2.54. The van der Waals surface area contributed by atoms with E-state index in [1.165, 1.54) is 9.80 Å². The molecule has 3 aromatic rings. The molecule has 0 bridgehead atoms. The van der Waals surface area contributed by atoms with Gasteiger partial charge in [-0.1, -0.05) is 22.0 Å². The molecule has 6 rings (SSSR count). The number of carbonyl (C=O) groups excluding carboxylic acids is 3. The van der Waals surface area contributed by atoms with E-state index in [-0.39, 0.29) is 37.2 Å². The Morgan fingerprint density at radius 3 is 2.61 bits per heavy atom. The van der Waals surface area contributed by atoms with Gasteiger partial charge in [-0.2, -0.15) is 5.10 Å². The van der Waals surface area contributed by atoms with Crippen molar-refractivity contribution in [3.8, 4) is 0 Å². The summed E-state index contributed by atoms with van der Waals surface area (Å²) in [5, 5.41) is 27.8. The number of nitrogens with zero attached hydrogens (tertiary/aromatic N) is 4. The quantitative estimate of drug-likeness (QED) is 0.406. The molecular formula is C27H28BrN5O5. The third-order valence-electron chi connectivity index (χ3n) is 8.10. The number of likely N-dealkylation sites (tertiary alicyclic amines) is 2. The molecule has 2 fully saturated rings. The summed E-state index contributed by atoms with van der Waals surface area (Å²) in [5.41, 5.74) is 2.12. The maximum Gasteiger partial charge on any atom is 0.253 e. The van der Waals surface area contributed by atoms with Gasteiger partial charge in [0.2, 0.25) is 11.8 Å². The average Bonchev–Trinajstić information content (AvgIpc) is 3.46. The molecule has 0 unspecified atom stereocenters. The van der Waals surface area contributed by atoms with Gasteiger partial charge in [0.1, 0.15) is 6.54 Å². The van der Waals surface area contributed by atoms with Gasteiger partial charge in [0.25, 0.3) is 5.91 Å². The number of amides is 3. The van der Waals surface area contributed by atoms with Crippen LogP contribution in [0.3, 0.4) is 0 Å². The van der Waals surface area contributed by atoms with Crippen LogP contribution in [0.15, 0.2) is 47.1 Å². The highest BCUT2D eigenvalue weighted by atomic mass is 79.9. The van der Waals surface area contributed by atoms with Crippen molar-refractivity contribution in [2.75, 3.05) is 37.6 Å². The molecule has 11 heteroatoms. The maximum atomic E-state index is 14.0. The number of hydrogen-bond acceptors (Lipinski definition) is 6. The minimum atomic E-state index is -1.91. The summed E-state index contributed by atoms with van der Waals surface area (Å²) in [6, 6.07) is 11.0. The topological polar surface area (TPSA) is 130 Å². The molecular weight excluding hydrogens is 554 g/mol. The lowest BCUT2D eigenvalue weighted by atomic mass is 9.73. The second-order valence-electron chi connectivity index (χ2n) is 10.5. The summed E-state index contributed by atoms with van der Waals surface area (Å²) in [6.07, 6.45) is 3.25. The Kier molecular flexibility index (Phi) is 6.04. The molecule has 1 aromatic heterocycles. The van der Waals surface area contributed by atoms with Crippen molar-refractivity contribution in [2.45, 2.75) is 36.9 Å². The van der Waals surface area contributed by atoms with Crippen molar-refractivity contribution in [1.82, 2.24) is 20.0 Å². The first-order valence-corrected chi connectivity index (χ1v) is 13.5. The SMILES string of the molecule is O=C(CN1C(=O)C2(CCN(C(=O)c3ccc4[nH]ncc4c3)CC2)c2c(Br)cccc21)N1CCCC(O)(O)C1. The second kappa shape index (κ2) is 9.18. The summed E-state index contributed by atoms with van der Waals surface area (Å²) in [7, 11) is 0. The number of aromatic nitrogens is 2. The summed E-state index contributed by atoms with van der Waals surface area (Å²) < 4.78 is 0.797. The molecule has 3 N–H and O–H groups in total. The Balaban J connectivity index is 1.23. The molecule has 0 atom stereocenters. The van der Waals surface area contributed by atoms with Crippen LogP contribution < -0.4 is 4.90 Å². The number of piperidine rings is 2. The number of aliphatic hydroxyl groups is 2. The number of β-amino-alcohol motifs (C(OH)–C–C–N with tert-alkyl or cyclic N) is 2. The zero-order chi connectivity index (χ0) is 26.7. The lowest BCUT2D eigenvalue weighted by Gasteiger charge is -2.39. The Bertz CT molecular complexity index is 1440. The minimum Gasteiger partial charge on any atom is -0.364 e. The molecule has 3 aliphatic heterocycles. The minimum absolute atomic E-state index is 0.0885. The average molecular weight is 582 g/mol. The fraction of sp³-hybridized carbons (Fsp3) is 0.407. The number of benzene rings is 2. The Labute approximate surface area is 227 Å². The number of aromatic amines is 1. The molecule has 0 saturated carbocycles. The van der Waals surface area contributed by atoms with Gasteiger partial charge in [0.15, 0.2) is 5.79 Å². The smallest absolute Gasteiger partial charge is 0.253 e. The van der Waals surface area contributed by atoms with Crippen molar-refractivity contribution in [3.05, 3.63) is 58.2 Å². The van der Waals surface area contributed by atoms with Crippen LogP contribution in [-0.2, 0) is 15.0 Å². The normalized spacial score (nSPS) is 20.3. The largest absolute Gasteiger partial charge is 0.364 e. The Hall–Kier alpha value is -3.28. The first-order valence-electron chi connectivity index (χ1n) is 12.7. The lowest BCUT2D eigenvalue weighted by molar-refractivity contribution is -0.196. The highest BCUT2D eigenvalue weighted by Gasteiger charge is 2.54. The predicted molar refractivity (Wildman–Crippen MR) is 142 cm³/mol. The van der Waals surface area contributed by atoms with Crippen molar-refractivity contribution >= 4 is 50.2 Å². The monoisotopic (exact) mass is 581 g/mol. The van der Waals surface area contributed by atoms with Gasteiger partial charge in [-0.05, 0) is 49.6 Å². The Morgan fingerprint density at radius 1 is 1.05 bits per heavy atom. The number of H-pyrrole nitrogens is 1. The van der Waals surface area contributed by atoms with Crippen LogP contribution in [-0.4, -0.2) is 86.4 Å². The fourth-order valence-corrected chi connectivity index (χ4v) is 6.86. The van der Waals surface area contributed by atoms with Crippen LogP contribution in [0.4, 0.5) is 5.69 Å². The molecule has 2 saturated heterocycles. The van der Waals surface area contributed by atoms with Crippen molar-refractivity contribution in [1.29, 1.82) is 0 Å². The van der Waals surface area contributed by atoms with Crippen LogP contribution >= 0.6 is 15.9 Å². The van der Waals surface area contributed by atoms with E-state index >= 15 is 0 Å². The van der Waals surface area contributed by atoms with Gasteiger partial charge < -0.3 is 24.9 Å². The van der Waals surface area contributed by atoms with E-state index in [9.17, 15) is 24.6 Å². The van der Waals surface area contributed by atoms with Crippen LogP contribution in [0.2, 0.25) is 0 Å². The predicted octanol–water partition coefficient (Wildman–Crippen LogP) is 2.15. The van der Waals surface area contributed by atoms with Crippen LogP contribution in [0.5, 0.6) is 0 Å². The first kappa shape index (κ1) is 25.0. The second-order valence-corrected chi connectivity index (χ2v) is 11.3. The molecule has 38 heavy (non-hydrogen) atoms. The molecule has 198 valence electrons. The van der Waals surface area contributed by atoms with Crippen molar-refractivity contribution in [2.24, 2.45) is 0 Å². The molecule has 10 nitrogen and oxygen atoms in total. The molecule has 3 aliphatic rings. The van der Waals surface area contributed by atoms with Crippen LogP contribution in [0, 0.1) is 0 Å². The van der Waals surface area contributed by atoms with Crippen molar-refractivity contribution < 1.29 is 24.6 Å².